The van der Waals surface area contributed by atoms with Gasteiger partial charge in [0, 0.05) is 5.56 Å². The van der Waals surface area contributed by atoms with Gasteiger partial charge in [-0.15, -0.1) is 0 Å². The number of nitrogens with two attached hydrogens (primary N) is 1. The molecule has 0 saturated carbocycles. The first-order valence-corrected chi connectivity index (χ1v) is 6.41. The van der Waals surface area contributed by atoms with E-state index in [0.29, 0.717) is 5.56 Å². The van der Waals surface area contributed by atoms with E-state index in [9.17, 15) is 4.79 Å². The Morgan fingerprint density at radius 3 is 3.00 bits per heavy atom. The molecule has 98 valence electrons. The second kappa shape index (κ2) is 5.87. The van der Waals surface area contributed by atoms with Gasteiger partial charge in [-0.25, -0.2) is 0 Å². The van der Waals surface area contributed by atoms with Gasteiger partial charge in [0.05, 0.1) is 6.61 Å². The largest absolute Gasteiger partial charge is 0.494 e. The van der Waals surface area contributed by atoms with E-state index in [4.69, 9.17) is 10.5 Å². The number of aryl methyl sites for hydroxylation is 1. The summed E-state index contributed by atoms with van der Waals surface area (Å²) in [5.41, 5.74) is 6.68. The van der Waals surface area contributed by atoms with Gasteiger partial charge in [0.15, 0.2) is 0 Å². The third-order valence-corrected chi connectivity index (χ3v) is 3.42. The van der Waals surface area contributed by atoms with Crippen molar-refractivity contribution in [1.29, 1.82) is 0 Å². The van der Waals surface area contributed by atoms with Crippen molar-refractivity contribution < 1.29 is 9.53 Å². The molecule has 1 aromatic rings. The first kappa shape index (κ1) is 12.9. The molecule has 1 unspecified atom stereocenters. The molecule has 0 bridgehead atoms. The van der Waals surface area contributed by atoms with Crippen LogP contribution in [0, 0.1) is 12.8 Å². The first-order chi connectivity index (χ1) is 8.66. The van der Waals surface area contributed by atoms with Crippen LogP contribution in [0.15, 0.2) is 18.2 Å². The molecule has 0 spiro atoms. The average Bonchev–Trinajstić information content (AvgIpc) is 2.81. The maximum absolute atomic E-state index is 11.1. The van der Waals surface area contributed by atoms with Crippen molar-refractivity contribution in [1.82, 2.24) is 5.32 Å². The zero-order chi connectivity index (χ0) is 13.0. The minimum atomic E-state index is -0.393. The van der Waals surface area contributed by atoms with Crippen LogP contribution in [0.25, 0.3) is 0 Å². The smallest absolute Gasteiger partial charge is 0.248 e. The number of primary amides is 1. The SMILES string of the molecule is Cc1cc(OCCC2CCNC2)ccc1C(N)=O. The van der Waals surface area contributed by atoms with Crippen LogP contribution >= 0.6 is 0 Å². The van der Waals surface area contributed by atoms with Gasteiger partial charge in [-0.05, 0) is 62.5 Å². The molecule has 1 heterocycles. The monoisotopic (exact) mass is 248 g/mol. The molecular weight excluding hydrogens is 228 g/mol. The molecule has 1 aliphatic heterocycles. The maximum atomic E-state index is 11.1. The Morgan fingerprint density at radius 1 is 1.56 bits per heavy atom. The highest BCUT2D eigenvalue weighted by Gasteiger charge is 2.14. The number of hydrogen-bond donors (Lipinski definition) is 2. The highest BCUT2D eigenvalue weighted by molar-refractivity contribution is 5.94. The molecule has 4 heteroatoms. The van der Waals surface area contributed by atoms with E-state index >= 15 is 0 Å². The first-order valence-electron chi connectivity index (χ1n) is 6.41. The summed E-state index contributed by atoms with van der Waals surface area (Å²) in [4.78, 5) is 11.1. The summed E-state index contributed by atoms with van der Waals surface area (Å²) >= 11 is 0. The number of nitrogens with one attached hydrogen (secondary N) is 1. The molecule has 0 aliphatic carbocycles. The second-order valence-corrected chi connectivity index (χ2v) is 4.84. The van der Waals surface area contributed by atoms with Gasteiger partial charge in [0.25, 0.3) is 0 Å². The molecule has 4 nitrogen and oxygen atoms in total. The lowest BCUT2D eigenvalue weighted by atomic mass is 10.1. The lowest BCUT2D eigenvalue weighted by molar-refractivity contribution is 0.0999. The van der Waals surface area contributed by atoms with Crippen molar-refractivity contribution in [3.8, 4) is 5.75 Å². The van der Waals surface area contributed by atoms with E-state index in [1.165, 1.54) is 6.42 Å². The molecule has 18 heavy (non-hydrogen) atoms. The Kier molecular flexibility index (Phi) is 4.20. The fraction of sp³-hybridized carbons (Fsp3) is 0.500. The molecule has 1 aliphatic rings. The highest BCUT2D eigenvalue weighted by atomic mass is 16.5. The van der Waals surface area contributed by atoms with Crippen molar-refractivity contribution in [3.05, 3.63) is 29.3 Å². The second-order valence-electron chi connectivity index (χ2n) is 4.84. The van der Waals surface area contributed by atoms with E-state index in [-0.39, 0.29) is 0 Å². The van der Waals surface area contributed by atoms with Crippen LogP contribution in [0.2, 0.25) is 0 Å². The number of rotatable bonds is 5. The normalized spacial score (nSPS) is 18.8. The molecule has 0 radical (unpaired) electrons. The standard InChI is InChI=1S/C14H20N2O2/c1-10-8-12(2-3-13(10)14(15)17)18-7-5-11-4-6-16-9-11/h2-3,8,11,16H,4-7,9H2,1H3,(H2,15,17). The lowest BCUT2D eigenvalue weighted by Crippen LogP contribution is -2.13. The van der Waals surface area contributed by atoms with E-state index in [0.717, 1.165) is 43.3 Å². The summed E-state index contributed by atoms with van der Waals surface area (Å²) in [6, 6.07) is 5.40. The molecule has 2 rings (SSSR count). The molecule has 0 aromatic heterocycles. The zero-order valence-corrected chi connectivity index (χ0v) is 10.7. The van der Waals surface area contributed by atoms with Crippen molar-refractivity contribution in [2.24, 2.45) is 11.7 Å². The Balaban J connectivity index is 1.85. The Bertz CT molecular complexity index is 426. The summed E-state index contributed by atoms with van der Waals surface area (Å²) in [7, 11) is 0. The third kappa shape index (κ3) is 3.23. The number of hydrogen-bond acceptors (Lipinski definition) is 3. The minimum Gasteiger partial charge on any atom is -0.494 e. The van der Waals surface area contributed by atoms with Gasteiger partial charge in [-0.1, -0.05) is 0 Å². The molecule has 1 fully saturated rings. The number of amides is 1. The van der Waals surface area contributed by atoms with Gasteiger partial charge < -0.3 is 15.8 Å². The number of carbonyl (C=O) groups excluding carboxylic acids is 1. The van der Waals surface area contributed by atoms with Gasteiger partial charge >= 0.3 is 0 Å². The minimum absolute atomic E-state index is 0.393. The van der Waals surface area contributed by atoms with Crippen LogP contribution in [0.1, 0.15) is 28.8 Å². The number of ether oxygens (including phenoxy) is 1. The van der Waals surface area contributed by atoms with Crippen LogP contribution in [-0.2, 0) is 0 Å². The van der Waals surface area contributed by atoms with Gasteiger partial charge in [-0.3, -0.25) is 4.79 Å². The van der Waals surface area contributed by atoms with Crippen molar-refractivity contribution in [2.75, 3.05) is 19.7 Å². The van der Waals surface area contributed by atoms with Crippen molar-refractivity contribution in [3.63, 3.8) is 0 Å². The predicted molar refractivity (Wildman–Crippen MR) is 70.8 cm³/mol. The summed E-state index contributed by atoms with van der Waals surface area (Å²) in [6.45, 7) is 4.82. The van der Waals surface area contributed by atoms with E-state index < -0.39 is 5.91 Å². The quantitative estimate of drug-likeness (QED) is 0.829. The van der Waals surface area contributed by atoms with E-state index in [1.807, 2.05) is 13.0 Å². The molecule has 1 saturated heterocycles. The van der Waals surface area contributed by atoms with Crippen molar-refractivity contribution >= 4 is 5.91 Å². The maximum Gasteiger partial charge on any atom is 0.248 e. The molecule has 3 N–H and O–H groups in total. The van der Waals surface area contributed by atoms with Gasteiger partial charge in [0.2, 0.25) is 5.91 Å². The van der Waals surface area contributed by atoms with E-state index in [2.05, 4.69) is 5.32 Å². The molecular formula is C14H20N2O2. The lowest BCUT2D eigenvalue weighted by Gasteiger charge is -2.11. The average molecular weight is 248 g/mol. The Hall–Kier alpha value is -1.55. The number of benzene rings is 1. The molecule has 1 amide bonds. The fourth-order valence-corrected chi connectivity index (χ4v) is 2.31. The Morgan fingerprint density at radius 2 is 2.39 bits per heavy atom. The van der Waals surface area contributed by atoms with Crippen molar-refractivity contribution in [2.45, 2.75) is 19.8 Å². The highest BCUT2D eigenvalue weighted by Crippen LogP contribution is 2.18. The van der Waals surface area contributed by atoms with E-state index in [1.54, 1.807) is 12.1 Å². The van der Waals surface area contributed by atoms with Crippen LogP contribution < -0.4 is 15.8 Å². The van der Waals surface area contributed by atoms with Crippen LogP contribution in [0.4, 0.5) is 0 Å². The summed E-state index contributed by atoms with van der Waals surface area (Å²) in [5.74, 6) is 1.15. The summed E-state index contributed by atoms with van der Waals surface area (Å²) in [6.07, 6.45) is 2.31. The topological polar surface area (TPSA) is 64.3 Å². The molecule has 1 aromatic carbocycles. The number of carbonyl (C=O) groups is 1. The molecule has 1 atom stereocenters. The fourth-order valence-electron chi connectivity index (χ4n) is 2.31. The van der Waals surface area contributed by atoms with Crippen LogP contribution in [0.5, 0.6) is 5.75 Å². The van der Waals surface area contributed by atoms with Crippen LogP contribution in [0.3, 0.4) is 0 Å². The third-order valence-electron chi connectivity index (χ3n) is 3.42. The Labute approximate surface area is 108 Å². The zero-order valence-electron chi connectivity index (χ0n) is 10.7. The summed E-state index contributed by atoms with van der Waals surface area (Å²) < 4.78 is 5.70. The predicted octanol–water partition coefficient (Wildman–Crippen LogP) is 1.47. The van der Waals surface area contributed by atoms with Gasteiger partial charge in [-0.2, -0.15) is 0 Å². The van der Waals surface area contributed by atoms with Crippen LogP contribution in [-0.4, -0.2) is 25.6 Å². The van der Waals surface area contributed by atoms with Gasteiger partial charge in [0.1, 0.15) is 5.75 Å². The summed E-state index contributed by atoms with van der Waals surface area (Å²) in [5, 5.41) is 3.34.